The van der Waals surface area contributed by atoms with Crippen molar-refractivity contribution in [3.8, 4) is 17.2 Å². The van der Waals surface area contributed by atoms with Crippen LogP contribution in [-0.4, -0.2) is 16.3 Å². The molecule has 0 saturated carbocycles. The highest BCUT2D eigenvalue weighted by molar-refractivity contribution is 5.46. The molecule has 1 aromatic heterocycles. The number of alkyl halides is 2. The van der Waals surface area contributed by atoms with E-state index in [2.05, 4.69) is 24.9 Å². The largest absolute Gasteiger partial charge is 0.586 e. The fourth-order valence-electron chi connectivity index (χ4n) is 2.15. The van der Waals surface area contributed by atoms with Crippen LogP contribution in [0.4, 0.5) is 8.78 Å². The van der Waals surface area contributed by atoms with E-state index >= 15 is 0 Å². The van der Waals surface area contributed by atoms with E-state index < -0.39 is 12.4 Å². The first-order valence-electron chi connectivity index (χ1n) is 6.55. The molecule has 118 valence electrons. The number of hydroxylamine groups is 1. The first kappa shape index (κ1) is 13.7. The number of rotatable bonds is 3. The molecule has 4 rings (SSSR count). The highest BCUT2D eigenvalue weighted by Crippen LogP contribution is 2.42. The predicted octanol–water partition coefficient (Wildman–Crippen LogP) is 2.29. The summed E-state index contributed by atoms with van der Waals surface area (Å²) in [5.41, 5.74) is 3.20. The van der Waals surface area contributed by atoms with Crippen molar-refractivity contribution >= 4 is 0 Å². The first-order valence-corrected chi connectivity index (χ1v) is 6.55. The molecule has 0 amide bonds. The second-order valence-corrected chi connectivity index (χ2v) is 4.72. The summed E-state index contributed by atoms with van der Waals surface area (Å²) >= 11 is 0. The molecule has 7 nitrogen and oxygen atoms in total. The summed E-state index contributed by atoms with van der Waals surface area (Å²) in [4.78, 5) is 13.0. The van der Waals surface area contributed by atoms with Crippen LogP contribution in [0, 0.1) is 0 Å². The molecule has 0 unspecified atom stereocenters. The van der Waals surface area contributed by atoms with E-state index in [1.54, 1.807) is 12.1 Å². The van der Waals surface area contributed by atoms with Gasteiger partial charge in [0.25, 0.3) is 0 Å². The van der Waals surface area contributed by atoms with Crippen LogP contribution >= 0.6 is 0 Å². The number of nitrogens with zero attached hydrogens (tertiary/aromatic N) is 2. The van der Waals surface area contributed by atoms with E-state index in [0.717, 1.165) is 0 Å². The average molecular weight is 321 g/mol. The Labute approximate surface area is 128 Å². The molecule has 1 N–H and O–H groups in total. The van der Waals surface area contributed by atoms with E-state index in [4.69, 9.17) is 9.57 Å². The molecule has 0 saturated heterocycles. The van der Waals surface area contributed by atoms with Gasteiger partial charge in [-0.15, -0.1) is 8.78 Å². The maximum Gasteiger partial charge on any atom is 0.586 e. The zero-order valence-corrected chi connectivity index (χ0v) is 11.4. The Kier molecular flexibility index (Phi) is 3.01. The smallest absolute Gasteiger partial charge is 0.436 e. The van der Waals surface area contributed by atoms with Crippen LogP contribution in [0.1, 0.15) is 11.7 Å². The van der Waals surface area contributed by atoms with Gasteiger partial charge in [-0.1, -0.05) is 6.07 Å². The topological polar surface area (TPSA) is 74.7 Å². The van der Waals surface area contributed by atoms with Crippen molar-refractivity contribution < 1.29 is 27.8 Å². The third kappa shape index (κ3) is 2.73. The summed E-state index contributed by atoms with van der Waals surface area (Å²) in [5, 5.41) is 0. The summed E-state index contributed by atoms with van der Waals surface area (Å²) in [7, 11) is 0. The Morgan fingerprint density at radius 1 is 1.13 bits per heavy atom. The molecule has 2 aliphatic rings. The molecular weight excluding hydrogens is 312 g/mol. The molecule has 0 radical (unpaired) electrons. The Hall–Kier alpha value is -2.94. The molecule has 3 heterocycles. The molecule has 23 heavy (non-hydrogen) atoms. The highest BCUT2D eigenvalue weighted by atomic mass is 19.3. The van der Waals surface area contributed by atoms with Gasteiger partial charge in [-0.25, -0.2) is 15.4 Å². The summed E-state index contributed by atoms with van der Waals surface area (Å²) in [6, 6.07) is 4.42. The third-order valence-corrected chi connectivity index (χ3v) is 3.11. The second kappa shape index (κ2) is 5.06. The monoisotopic (exact) mass is 321 g/mol. The van der Waals surface area contributed by atoms with Crippen molar-refractivity contribution in [3.05, 3.63) is 54.4 Å². The van der Waals surface area contributed by atoms with E-state index in [9.17, 15) is 8.78 Å². The quantitative estimate of drug-likeness (QED) is 0.929. The molecule has 0 bridgehead atoms. The van der Waals surface area contributed by atoms with E-state index in [0.29, 0.717) is 17.2 Å². The van der Waals surface area contributed by atoms with Gasteiger partial charge in [0.15, 0.2) is 17.2 Å². The molecule has 0 fully saturated rings. The van der Waals surface area contributed by atoms with Gasteiger partial charge in [-0.3, -0.25) is 4.84 Å². The lowest BCUT2D eigenvalue weighted by molar-refractivity contribution is -0.286. The third-order valence-electron chi connectivity index (χ3n) is 3.11. The maximum absolute atomic E-state index is 13.0. The van der Waals surface area contributed by atoms with Gasteiger partial charge >= 0.3 is 6.29 Å². The highest BCUT2D eigenvalue weighted by Gasteiger charge is 2.43. The Morgan fingerprint density at radius 3 is 2.74 bits per heavy atom. The van der Waals surface area contributed by atoms with Crippen LogP contribution in [0.2, 0.25) is 0 Å². The van der Waals surface area contributed by atoms with Crippen molar-refractivity contribution in [1.29, 1.82) is 0 Å². The van der Waals surface area contributed by atoms with Crippen molar-refractivity contribution in [2.75, 3.05) is 0 Å². The minimum atomic E-state index is -3.65. The minimum Gasteiger partial charge on any atom is -0.436 e. The van der Waals surface area contributed by atoms with Gasteiger partial charge in [0.05, 0.1) is 12.4 Å². The molecule has 0 aliphatic carbocycles. The Bertz CT molecular complexity index is 770. The van der Waals surface area contributed by atoms with Gasteiger partial charge < -0.3 is 14.2 Å². The molecular formula is C14H9F2N3O4. The van der Waals surface area contributed by atoms with Crippen molar-refractivity contribution in [2.45, 2.75) is 12.4 Å². The molecule has 2 aromatic rings. The van der Waals surface area contributed by atoms with Gasteiger partial charge in [-0.05, 0) is 17.7 Å². The van der Waals surface area contributed by atoms with Crippen LogP contribution in [-0.2, 0) is 4.84 Å². The number of hydrogen-bond acceptors (Lipinski definition) is 7. The Balaban J connectivity index is 1.52. The number of nitrogens with one attached hydrogen (secondary N) is 1. The summed E-state index contributed by atoms with van der Waals surface area (Å²) in [6.45, 7) is 0. The molecule has 1 atom stereocenters. The maximum atomic E-state index is 13.0. The number of benzene rings is 1. The number of ether oxygens (including phenoxy) is 3. The zero-order chi connectivity index (χ0) is 15.9. The van der Waals surface area contributed by atoms with E-state index in [1.807, 2.05) is 0 Å². The van der Waals surface area contributed by atoms with Crippen molar-refractivity contribution in [3.63, 3.8) is 0 Å². The van der Waals surface area contributed by atoms with Crippen LogP contribution in [0.3, 0.4) is 0 Å². The van der Waals surface area contributed by atoms with E-state index in [1.165, 1.54) is 30.9 Å². The molecule has 1 aromatic carbocycles. The molecule has 2 aliphatic heterocycles. The number of hydrogen-bond donors (Lipinski definition) is 1. The van der Waals surface area contributed by atoms with Crippen LogP contribution < -0.4 is 19.7 Å². The van der Waals surface area contributed by atoms with Crippen molar-refractivity contribution in [2.24, 2.45) is 0 Å². The standard InChI is InChI=1S/C14H9F2N3O4/c15-14(16)21-10-2-1-8(3-12(10)22-14)11-4-13(19-23-11)20-9-5-17-7-18-6-9/h1-7,11,19H/t11-/m1/s1. The number of halogens is 2. The fraction of sp³-hybridized carbons (Fsp3) is 0.143. The minimum absolute atomic E-state index is 0.0217. The molecule has 9 heteroatoms. The fourth-order valence-corrected chi connectivity index (χ4v) is 2.15. The van der Waals surface area contributed by atoms with Gasteiger partial charge in [0, 0.05) is 6.08 Å². The number of fused-ring (bicyclic) bond motifs is 1. The average Bonchev–Trinajstić information content (AvgIpc) is 3.10. The lowest BCUT2D eigenvalue weighted by Crippen LogP contribution is -2.25. The zero-order valence-electron chi connectivity index (χ0n) is 11.4. The van der Waals surface area contributed by atoms with Gasteiger partial charge in [-0.2, -0.15) is 0 Å². The summed E-state index contributed by atoms with van der Waals surface area (Å²) in [6.07, 6.45) is 1.83. The lowest BCUT2D eigenvalue weighted by atomic mass is 10.1. The van der Waals surface area contributed by atoms with Gasteiger partial charge in [0.1, 0.15) is 12.4 Å². The summed E-state index contributed by atoms with van der Waals surface area (Å²) < 4.78 is 40.3. The van der Waals surface area contributed by atoms with Crippen molar-refractivity contribution in [1.82, 2.24) is 15.4 Å². The SMILES string of the molecule is FC1(F)Oc2ccc([C@H]3C=C(Oc4cncnc4)NO3)cc2O1. The Morgan fingerprint density at radius 2 is 1.91 bits per heavy atom. The van der Waals surface area contributed by atoms with Crippen LogP contribution in [0.25, 0.3) is 0 Å². The number of aromatic nitrogens is 2. The molecule has 0 spiro atoms. The van der Waals surface area contributed by atoms with E-state index in [-0.39, 0.29) is 11.5 Å². The predicted molar refractivity (Wildman–Crippen MR) is 70.3 cm³/mol. The van der Waals surface area contributed by atoms with Crippen LogP contribution in [0.5, 0.6) is 17.2 Å². The second-order valence-electron chi connectivity index (χ2n) is 4.72. The van der Waals surface area contributed by atoms with Gasteiger partial charge in [0.2, 0.25) is 5.88 Å². The summed E-state index contributed by atoms with van der Waals surface area (Å²) in [5.74, 6) is 0.704. The lowest BCUT2D eigenvalue weighted by Gasteiger charge is -2.08. The normalized spacial score (nSPS) is 20.8. The van der Waals surface area contributed by atoms with Crippen LogP contribution in [0.15, 0.2) is 48.9 Å². The first-order chi connectivity index (χ1) is 11.1.